The van der Waals surface area contributed by atoms with Gasteiger partial charge in [-0.3, -0.25) is 4.79 Å². The van der Waals surface area contributed by atoms with Crippen LogP contribution in [0.3, 0.4) is 0 Å². The third-order valence-electron chi connectivity index (χ3n) is 4.05. The molecule has 2 rings (SSSR count). The molecule has 4 nitrogen and oxygen atoms in total. The van der Waals surface area contributed by atoms with Crippen molar-refractivity contribution in [3.8, 4) is 11.5 Å². The number of carbonyl (C=O) groups is 1. The van der Waals surface area contributed by atoms with E-state index in [9.17, 15) is 15.0 Å². The lowest BCUT2D eigenvalue weighted by Gasteiger charge is -2.26. The molecule has 2 aromatic rings. The normalized spacial score (nSPS) is 11.5. The van der Waals surface area contributed by atoms with Gasteiger partial charge >= 0.3 is 5.97 Å². The van der Waals surface area contributed by atoms with Gasteiger partial charge < -0.3 is 14.9 Å². The van der Waals surface area contributed by atoms with E-state index in [1.807, 2.05) is 20.8 Å². The van der Waals surface area contributed by atoms with E-state index in [1.165, 1.54) is 0 Å². The summed E-state index contributed by atoms with van der Waals surface area (Å²) in [5, 5.41) is 18.9. The molecule has 0 heterocycles. The molecule has 4 heteroatoms. The molecule has 0 spiro atoms. The van der Waals surface area contributed by atoms with Crippen molar-refractivity contribution >= 4 is 5.97 Å². The second kappa shape index (κ2) is 6.73. The summed E-state index contributed by atoms with van der Waals surface area (Å²) in [6, 6.07) is 13.1. The van der Waals surface area contributed by atoms with Crippen LogP contribution in [-0.4, -0.2) is 16.2 Å². The van der Waals surface area contributed by atoms with Crippen LogP contribution >= 0.6 is 0 Å². The van der Waals surface area contributed by atoms with Gasteiger partial charge in [0.15, 0.2) is 6.10 Å². The van der Waals surface area contributed by atoms with Crippen LogP contribution in [0.25, 0.3) is 0 Å². The highest BCUT2D eigenvalue weighted by atomic mass is 16.5. The standard InChI is InChI=1S/C19H22O4/c1-4-19(2,3)18(22)23-17(13-5-9-15(20)10-6-13)14-7-11-16(21)12-8-14/h5-12,17,20-21H,4H2,1-3H3. The number of rotatable bonds is 5. The minimum atomic E-state index is -0.588. The van der Waals surface area contributed by atoms with Crippen molar-refractivity contribution in [2.24, 2.45) is 5.41 Å². The molecule has 0 saturated carbocycles. The summed E-state index contributed by atoms with van der Waals surface area (Å²) >= 11 is 0. The quantitative estimate of drug-likeness (QED) is 0.813. The van der Waals surface area contributed by atoms with E-state index in [-0.39, 0.29) is 17.5 Å². The van der Waals surface area contributed by atoms with Crippen LogP contribution in [0.1, 0.15) is 44.4 Å². The van der Waals surface area contributed by atoms with Crippen molar-refractivity contribution in [1.82, 2.24) is 0 Å². The van der Waals surface area contributed by atoms with Crippen LogP contribution in [0.15, 0.2) is 48.5 Å². The molecule has 0 aliphatic carbocycles. The Morgan fingerprint density at radius 2 is 1.35 bits per heavy atom. The van der Waals surface area contributed by atoms with Crippen LogP contribution < -0.4 is 0 Å². The molecule has 0 amide bonds. The predicted octanol–water partition coefficient (Wildman–Crippen LogP) is 4.17. The Balaban J connectivity index is 2.37. The zero-order chi connectivity index (χ0) is 17.0. The second-order valence-corrected chi connectivity index (χ2v) is 6.21. The Kier molecular flexibility index (Phi) is 4.94. The number of ether oxygens (including phenoxy) is 1. The smallest absolute Gasteiger partial charge is 0.312 e. The number of phenols is 2. The molecular formula is C19H22O4. The summed E-state index contributed by atoms with van der Waals surface area (Å²) in [6.45, 7) is 5.64. The lowest BCUT2D eigenvalue weighted by molar-refractivity contribution is -0.158. The van der Waals surface area contributed by atoms with Crippen molar-refractivity contribution in [2.75, 3.05) is 0 Å². The van der Waals surface area contributed by atoms with E-state index in [2.05, 4.69) is 0 Å². The van der Waals surface area contributed by atoms with E-state index < -0.39 is 11.5 Å². The van der Waals surface area contributed by atoms with E-state index >= 15 is 0 Å². The molecule has 0 fully saturated rings. The van der Waals surface area contributed by atoms with Gasteiger partial charge in [0, 0.05) is 0 Å². The van der Waals surface area contributed by atoms with Crippen LogP contribution in [0, 0.1) is 5.41 Å². The van der Waals surface area contributed by atoms with Gasteiger partial charge in [-0.2, -0.15) is 0 Å². The van der Waals surface area contributed by atoms with Crippen molar-refractivity contribution in [3.63, 3.8) is 0 Å². The average molecular weight is 314 g/mol. The molecule has 0 unspecified atom stereocenters. The molecule has 0 saturated heterocycles. The fourth-order valence-corrected chi connectivity index (χ4v) is 2.04. The Morgan fingerprint density at radius 3 is 1.70 bits per heavy atom. The molecule has 0 aliphatic rings. The monoisotopic (exact) mass is 314 g/mol. The minimum absolute atomic E-state index is 0.151. The summed E-state index contributed by atoms with van der Waals surface area (Å²) < 4.78 is 5.76. The molecule has 2 aromatic carbocycles. The number of benzene rings is 2. The minimum Gasteiger partial charge on any atom is -0.508 e. The summed E-state index contributed by atoms with van der Waals surface area (Å²) in [7, 11) is 0. The number of carbonyl (C=O) groups excluding carboxylic acids is 1. The first kappa shape index (κ1) is 16.9. The zero-order valence-corrected chi connectivity index (χ0v) is 13.6. The molecule has 122 valence electrons. The van der Waals surface area contributed by atoms with E-state index in [0.29, 0.717) is 6.42 Å². The van der Waals surface area contributed by atoms with Crippen molar-refractivity contribution < 1.29 is 19.7 Å². The maximum atomic E-state index is 12.5. The second-order valence-electron chi connectivity index (χ2n) is 6.21. The van der Waals surface area contributed by atoms with Crippen LogP contribution in [-0.2, 0) is 9.53 Å². The summed E-state index contributed by atoms with van der Waals surface area (Å²) in [5.74, 6) is 0.0167. The number of hydrogen-bond donors (Lipinski definition) is 2. The Hall–Kier alpha value is -2.49. The van der Waals surface area contributed by atoms with Crippen LogP contribution in [0.2, 0.25) is 0 Å². The first-order chi connectivity index (χ1) is 10.8. The Labute approximate surface area is 136 Å². The highest BCUT2D eigenvalue weighted by Crippen LogP contribution is 2.32. The van der Waals surface area contributed by atoms with Gasteiger partial charge in [0.05, 0.1) is 5.41 Å². The molecule has 0 radical (unpaired) electrons. The third-order valence-corrected chi connectivity index (χ3v) is 4.05. The van der Waals surface area contributed by atoms with Crippen LogP contribution in [0.5, 0.6) is 11.5 Å². The van der Waals surface area contributed by atoms with Crippen molar-refractivity contribution in [3.05, 3.63) is 59.7 Å². The Morgan fingerprint density at radius 1 is 0.957 bits per heavy atom. The SMILES string of the molecule is CCC(C)(C)C(=O)OC(c1ccc(O)cc1)c1ccc(O)cc1. The Bertz CT molecular complexity index is 611. The zero-order valence-electron chi connectivity index (χ0n) is 13.6. The maximum Gasteiger partial charge on any atom is 0.312 e. The fraction of sp³-hybridized carbons (Fsp3) is 0.316. The van der Waals surface area contributed by atoms with Crippen molar-refractivity contribution in [1.29, 1.82) is 0 Å². The molecule has 0 aliphatic heterocycles. The van der Waals surface area contributed by atoms with E-state index in [1.54, 1.807) is 48.5 Å². The van der Waals surface area contributed by atoms with Gasteiger partial charge in [0.1, 0.15) is 11.5 Å². The number of phenolic OH excluding ortho intramolecular Hbond substituents is 2. The summed E-state index contributed by atoms with van der Waals surface area (Å²) in [6.07, 6.45) is 0.0819. The number of hydrogen-bond acceptors (Lipinski definition) is 4. The number of aromatic hydroxyl groups is 2. The first-order valence-corrected chi connectivity index (χ1v) is 7.62. The van der Waals surface area contributed by atoms with Gasteiger partial charge in [0.2, 0.25) is 0 Å². The number of esters is 1. The largest absolute Gasteiger partial charge is 0.508 e. The van der Waals surface area contributed by atoms with Crippen molar-refractivity contribution in [2.45, 2.75) is 33.3 Å². The predicted molar refractivity (Wildman–Crippen MR) is 88.2 cm³/mol. The average Bonchev–Trinajstić information content (AvgIpc) is 2.54. The maximum absolute atomic E-state index is 12.5. The fourth-order valence-electron chi connectivity index (χ4n) is 2.04. The molecular weight excluding hydrogens is 292 g/mol. The topological polar surface area (TPSA) is 66.8 Å². The highest BCUT2D eigenvalue weighted by Gasteiger charge is 2.30. The van der Waals surface area contributed by atoms with Gasteiger partial charge in [-0.05, 0) is 55.7 Å². The third kappa shape index (κ3) is 4.03. The lowest BCUT2D eigenvalue weighted by Crippen LogP contribution is -2.27. The van der Waals surface area contributed by atoms with Gasteiger partial charge in [-0.25, -0.2) is 0 Å². The molecule has 23 heavy (non-hydrogen) atoms. The van der Waals surface area contributed by atoms with E-state index in [0.717, 1.165) is 11.1 Å². The molecule has 0 bridgehead atoms. The summed E-state index contributed by atoms with van der Waals surface area (Å²) in [5.41, 5.74) is 0.939. The van der Waals surface area contributed by atoms with Gasteiger partial charge in [0.25, 0.3) is 0 Å². The van der Waals surface area contributed by atoms with E-state index in [4.69, 9.17) is 4.74 Å². The lowest BCUT2D eigenvalue weighted by atomic mass is 9.90. The summed E-state index contributed by atoms with van der Waals surface area (Å²) in [4.78, 5) is 12.5. The molecule has 0 aromatic heterocycles. The van der Waals surface area contributed by atoms with Gasteiger partial charge in [-0.15, -0.1) is 0 Å². The molecule has 0 atom stereocenters. The first-order valence-electron chi connectivity index (χ1n) is 7.62. The van der Waals surface area contributed by atoms with Gasteiger partial charge in [-0.1, -0.05) is 31.2 Å². The molecule has 2 N–H and O–H groups in total. The highest BCUT2D eigenvalue weighted by molar-refractivity contribution is 5.76. The van der Waals surface area contributed by atoms with Crippen LogP contribution in [0.4, 0.5) is 0 Å².